The Morgan fingerprint density at radius 1 is 1.30 bits per heavy atom. The van der Waals surface area contributed by atoms with Crippen molar-refractivity contribution < 1.29 is 9.21 Å². The van der Waals surface area contributed by atoms with Gasteiger partial charge < -0.3 is 14.3 Å². The molecule has 3 heterocycles. The molecule has 3 rings (SSSR count). The van der Waals surface area contributed by atoms with Gasteiger partial charge in [-0.15, -0.1) is 0 Å². The smallest absolute Gasteiger partial charge is 0.257 e. The molecule has 1 fully saturated rings. The summed E-state index contributed by atoms with van der Waals surface area (Å²) in [4.78, 5) is 28.3. The number of piperidine rings is 1. The van der Waals surface area contributed by atoms with E-state index in [2.05, 4.69) is 4.98 Å². The van der Waals surface area contributed by atoms with E-state index in [1.165, 1.54) is 0 Å². The SMILES string of the molecule is Cc1cc(C(=O)N2CCC(Cc3ccc(=O)[nH]c3)CC2)c(C)o1. The minimum absolute atomic E-state index is 0.0695. The number of nitrogens with zero attached hydrogens (tertiary/aromatic N) is 1. The van der Waals surface area contributed by atoms with Gasteiger partial charge in [0.2, 0.25) is 5.56 Å². The Morgan fingerprint density at radius 2 is 2.04 bits per heavy atom. The van der Waals surface area contributed by atoms with E-state index in [1.807, 2.05) is 30.9 Å². The number of H-pyrrole nitrogens is 1. The lowest BCUT2D eigenvalue weighted by Crippen LogP contribution is -2.39. The van der Waals surface area contributed by atoms with Crippen molar-refractivity contribution >= 4 is 5.91 Å². The number of rotatable bonds is 3. The summed E-state index contributed by atoms with van der Waals surface area (Å²) >= 11 is 0. The highest BCUT2D eigenvalue weighted by Crippen LogP contribution is 2.24. The van der Waals surface area contributed by atoms with Gasteiger partial charge in [-0.2, -0.15) is 0 Å². The number of aryl methyl sites for hydroxylation is 2. The first-order valence-electron chi connectivity index (χ1n) is 8.07. The third-order valence-corrected chi connectivity index (χ3v) is 4.55. The minimum atomic E-state index is -0.0695. The van der Waals surface area contributed by atoms with Gasteiger partial charge in [-0.1, -0.05) is 6.07 Å². The molecular formula is C18H22N2O3. The largest absolute Gasteiger partial charge is 0.466 e. The number of likely N-dealkylation sites (tertiary alicyclic amines) is 1. The van der Waals surface area contributed by atoms with E-state index in [4.69, 9.17) is 4.42 Å². The van der Waals surface area contributed by atoms with Crippen molar-refractivity contribution in [3.8, 4) is 0 Å². The summed E-state index contributed by atoms with van der Waals surface area (Å²) in [6.07, 6.45) is 4.71. The van der Waals surface area contributed by atoms with Crippen molar-refractivity contribution in [2.75, 3.05) is 13.1 Å². The second kappa shape index (κ2) is 6.44. The lowest BCUT2D eigenvalue weighted by atomic mass is 9.90. The molecular weight excluding hydrogens is 292 g/mol. The van der Waals surface area contributed by atoms with E-state index < -0.39 is 0 Å². The zero-order chi connectivity index (χ0) is 16.4. The van der Waals surface area contributed by atoms with Crippen LogP contribution < -0.4 is 5.56 Å². The normalized spacial score (nSPS) is 15.8. The molecule has 23 heavy (non-hydrogen) atoms. The first-order valence-corrected chi connectivity index (χ1v) is 8.07. The molecule has 5 nitrogen and oxygen atoms in total. The Morgan fingerprint density at radius 3 is 2.61 bits per heavy atom. The lowest BCUT2D eigenvalue weighted by molar-refractivity contribution is 0.0689. The number of hydrogen-bond donors (Lipinski definition) is 1. The van der Waals surface area contributed by atoms with Gasteiger partial charge in [0.1, 0.15) is 11.5 Å². The van der Waals surface area contributed by atoms with Crippen LogP contribution in [0.4, 0.5) is 0 Å². The van der Waals surface area contributed by atoms with Crippen LogP contribution in [0, 0.1) is 19.8 Å². The monoisotopic (exact) mass is 314 g/mol. The molecule has 0 aliphatic carbocycles. The fraction of sp³-hybridized carbons (Fsp3) is 0.444. The molecule has 0 atom stereocenters. The average Bonchev–Trinajstić information content (AvgIpc) is 2.88. The highest BCUT2D eigenvalue weighted by Gasteiger charge is 2.25. The van der Waals surface area contributed by atoms with Gasteiger partial charge in [0, 0.05) is 25.4 Å². The summed E-state index contributed by atoms with van der Waals surface area (Å²) < 4.78 is 5.46. The molecule has 1 saturated heterocycles. The summed E-state index contributed by atoms with van der Waals surface area (Å²) in [5.41, 5.74) is 1.76. The number of aromatic amines is 1. The van der Waals surface area contributed by atoms with Crippen molar-refractivity contribution in [3.05, 3.63) is 57.4 Å². The molecule has 1 amide bonds. The van der Waals surface area contributed by atoms with Crippen molar-refractivity contribution in [3.63, 3.8) is 0 Å². The van der Waals surface area contributed by atoms with Crippen LogP contribution in [0.25, 0.3) is 0 Å². The van der Waals surface area contributed by atoms with E-state index in [-0.39, 0.29) is 11.5 Å². The molecule has 0 radical (unpaired) electrons. The van der Waals surface area contributed by atoms with E-state index in [9.17, 15) is 9.59 Å². The van der Waals surface area contributed by atoms with Gasteiger partial charge in [-0.3, -0.25) is 9.59 Å². The predicted molar refractivity (Wildman–Crippen MR) is 87.6 cm³/mol. The van der Waals surface area contributed by atoms with Gasteiger partial charge in [-0.05, 0) is 50.7 Å². The molecule has 0 saturated carbocycles. The number of amides is 1. The van der Waals surface area contributed by atoms with E-state index in [0.717, 1.165) is 43.7 Å². The average molecular weight is 314 g/mol. The maximum atomic E-state index is 12.6. The highest BCUT2D eigenvalue weighted by molar-refractivity contribution is 5.95. The van der Waals surface area contributed by atoms with Crippen molar-refractivity contribution in [1.82, 2.24) is 9.88 Å². The summed E-state index contributed by atoms with van der Waals surface area (Å²) in [5, 5.41) is 0. The quantitative estimate of drug-likeness (QED) is 0.947. The fourth-order valence-corrected chi connectivity index (χ4v) is 3.26. The molecule has 5 heteroatoms. The van der Waals surface area contributed by atoms with Crippen LogP contribution in [0.2, 0.25) is 0 Å². The van der Waals surface area contributed by atoms with E-state index >= 15 is 0 Å². The molecule has 1 N–H and O–H groups in total. The van der Waals surface area contributed by atoms with Crippen molar-refractivity contribution in [1.29, 1.82) is 0 Å². The molecule has 2 aromatic heterocycles. The standard InChI is InChI=1S/C18H22N2O3/c1-12-9-16(13(2)23-12)18(22)20-7-5-14(6-8-20)10-15-3-4-17(21)19-11-15/h3-4,9,11,14H,5-8,10H2,1-2H3,(H,19,21). The maximum Gasteiger partial charge on any atom is 0.257 e. The molecule has 0 bridgehead atoms. The van der Waals surface area contributed by atoms with E-state index in [0.29, 0.717) is 17.2 Å². The second-order valence-corrected chi connectivity index (χ2v) is 6.33. The minimum Gasteiger partial charge on any atom is -0.466 e. The number of carbonyl (C=O) groups excluding carboxylic acids is 1. The molecule has 0 spiro atoms. The number of hydrogen-bond acceptors (Lipinski definition) is 3. The molecule has 2 aromatic rings. The molecule has 1 aliphatic heterocycles. The van der Waals surface area contributed by atoms with Crippen LogP contribution in [-0.4, -0.2) is 28.9 Å². The first kappa shape index (κ1) is 15.6. The Kier molecular flexibility index (Phi) is 4.37. The molecule has 0 aromatic carbocycles. The van der Waals surface area contributed by atoms with Gasteiger partial charge in [0.05, 0.1) is 5.56 Å². The Labute approximate surface area is 135 Å². The van der Waals surface area contributed by atoms with Gasteiger partial charge in [0.15, 0.2) is 0 Å². The highest BCUT2D eigenvalue weighted by atomic mass is 16.3. The van der Waals surface area contributed by atoms with Crippen LogP contribution in [0.1, 0.15) is 40.3 Å². The maximum absolute atomic E-state index is 12.6. The van der Waals surface area contributed by atoms with Crippen LogP contribution >= 0.6 is 0 Å². The van der Waals surface area contributed by atoms with Crippen LogP contribution in [0.3, 0.4) is 0 Å². The molecule has 122 valence electrons. The lowest BCUT2D eigenvalue weighted by Gasteiger charge is -2.32. The number of carbonyl (C=O) groups is 1. The number of aromatic nitrogens is 1. The first-order chi connectivity index (χ1) is 11.0. The zero-order valence-electron chi connectivity index (χ0n) is 13.6. The number of pyridine rings is 1. The summed E-state index contributed by atoms with van der Waals surface area (Å²) in [5.74, 6) is 2.10. The molecule has 1 aliphatic rings. The van der Waals surface area contributed by atoms with Crippen LogP contribution in [0.5, 0.6) is 0 Å². The van der Waals surface area contributed by atoms with Crippen LogP contribution in [0.15, 0.2) is 33.6 Å². The fourth-order valence-electron chi connectivity index (χ4n) is 3.26. The van der Waals surface area contributed by atoms with E-state index in [1.54, 1.807) is 12.3 Å². The third kappa shape index (κ3) is 3.55. The predicted octanol–water partition coefficient (Wildman–Crippen LogP) is 2.68. The van der Waals surface area contributed by atoms with Gasteiger partial charge >= 0.3 is 0 Å². The Hall–Kier alpha value is -2.30. The topological polar surface area (TPSA) is 66.3 Å². The third-order valence-electron chi connectivity index (χ3n) is 4.55. The van der Waals surface area contributed by atoms with Gasteiger partial charge in [0.25, 0.3) is 5.91 Å². The van der Waals surface area contributed by atoms with Gasteiger partial charge in [-0.25, -0.2) is 0 Å². The van der Waals surface area contributed by atoms with Crippen molar-refractivity contribution in [2.45, 2.75) is 33.1 Å². The summed E-state index contributed by atoms with van der Waals surface area (Å²) in [6.45, 7) is 5.25. The second-order valence-electron chi connectivity index (χ2n) is 6.33. The summed E-state index contributed by atoms with van der Waals surface area (Å²) in [6, 6.07) is 5.27. The zero-order valence-corrected chi connectivity index (χ0v) is 13.6. The van der Waals surface area contributed by atoms with Crippen LogP contribution in [-0.2, 0) is 6.42 Å². The Balaban J connectivity index is 1.57. The summed E-state index contributed by atoms with van der Waals surface area (Å²) in [7, 11) is 0. The Bertz CT molecular complexity index is 731. The number of nitrogens with one attached hydrogen (secondary N) is 1. The molecule has 0 unspecified atom stereocenters. The number of furan rings is 1. The van der Waals surface area contributed by atoms with Crippen molar-refractivity contribution in [2.24, 2.45) is 5.92 Å².